The van der Waals surface area contributed by atoms with Gasteiger partial charge in [-0.05, 0) is 97.5 Å². The first-order chi connectivity index (χ1) is 12.1. The van der Waals surface area contributed by atoms with Crippen LogP contribution in [0.1, 0.15) is 76.2 Å². The molecule has 2 aliphatic rings. The van der Waals surface area contributed by atoms with E-state index in [0.717, 1.165) is 15.8 Å². The highest BCUT2D eigenvalue weighted by molar-refractivity contribution is 9.10. The van der Waals surface area contributed by atoms with Gasteiger partial charge in [0.1, 0.15) is 11.4 Å². The number of halogens is 1. The molecule has 0 bridgehead atoms. The van der Waals surface area contributed by atoms with Crippen molar-refractivity contribution in [1.29, 1.82) is 0 Å². The maximum Gasteiger partial charge on any atom is 0.338 e. The summed E-state index contributed by atoms with van der Waals surface area (Å²) in [6.07, 6.45) is 7.06. The van der Waals surface area contributed by atoms with E-state index in [1.165, 1.54) is 31.3 Å². The van der Waals surface area contributed by atoms with Crippen LogP contribution in [0.2, 0.25) is 0 Å². The minimum atomic E-state index is -0.358. The second-order valence-corrected chi connectivity index (χ2v) is 9.65. The highest BCUT2D eigenvalue weighted by atomic mass is 79.9. The molecule has 1 aliphatic carbocycles. The summed E-state index contributed by atoms with van der Waals surface area (Å²) in [4.78, 5) is 12.3. The molecule has 1 saturated carbocycles. The third kappa shape index (κ3) is 4.00. The Balaban J connectivity index is 2.03. The van der Waals surface area contributed by atoms with Gasteiger partial charge in [0.25, 0.3) is 0 Å². The Morgan fingerprint density at radius 1 is 1.23 bits per heavy atom. The summed E-state index contributed by atoms with van der Waals surface area (Å²) >= 11 is 3.61. The number of fused-ring (bicyclic) bond motifs is 1. The standard InChI is InChI=1S/C22H29BrO3/c1-6-25-20(24)15-11-16-17(14-7-9-21(2,3)10-8-14)13-22(4,5)26-19(16)18(23)12-15/h11-14H,6-10H2,1-5H3. The van der Waals surface area contributed by atoms with Crippen molar-refractivity contribution in [2.24, 2.45) is 11.3 Å². The molecule has 0 spiro atoms. The zero-order valence-electron chi connectivity index (χ0n) is 16.4. The van der Waals surface area contributed by atoms with E-state index in [1.54, 1.807) is 6.07 Å². The molecule has 26 heavy (non-hydrogen) atoms. The van der Waals surface area contributed by atoms with Crippen molar-refractivity contribution in [3.8, 4) is 5.75 Å². The Morgan fingerprint density at radius 3 is 2.50 bits per heavy atom. The molecule has 0 amide bonds. The van der Waals surface area contributed by atoms with Gasteiger partial charge in [-0.3, -0.25) is 0 Å². The van der Waals surface area contributed by atoms with Gasteiger partial charge < -0.3 is 9.47 Å². The Bertz CT molecular complexity index is 736. The minimum Gasteiger partial charge on any atom is -0.482 e. The van der Waals surface area contributed by atoms with Gasteiger partial charge in [-0.1, -0.05) is 13.8 Å². The summed E-state index contributed by atoms with van der Waals surface area (Å²) < 4.78 is 12.2. The molecule has 0 N–H and O–H groups in total. The van der Waals surface area contributed by atoms with E-state index in [9.17, 15) is 4.79 Å². The van der Waals surface area contributed by atoms with Crippen molar-refractivity contribution < 1.29 is 14.3 Å². The molecule has 1 fully saturated rings. The molecule has 3 nitrogen and oxygen atoms in total. The summed E-state index contributed by atoms with van der Waals surface area (Å²) in [6, 6.07) is 3.75. The topological polar surface area (TPSA) is 35.5 Å². The summed E-state index contributed by atoms with van der Waals surface area (Å²) in [5.41, 5.74) is 2.99. The molecule has 1 aromatic rings. The van der Waals surface area contributed by atoms with Crippen LogP contribution < -0.4 is 4.74 Å². The number of esters is 1. The quantitative estimate of drug-likeness (QED) is 0.530. The predicted molar refractivity (Wildman–Crippen MR) is 109 cm³/mol. The predicted octanol–water partition coefficient (Wildman–Crippen LogP) is 6.40. The maximum atomic E-state index is 12.3. The van der Waals surface area contributed by atoms with Crippen molar-refractivity contribution in [3.05, 3.63) is 33.8 Å². The van der Waals surface area contributed by atoms with Crippen LogP contribution in [0.25, 0.3) is 5.57 Å². The first-order valence-electron chi connectivity index (χ1n) is 9.55. The van der Waals surface area contributed by atoms with Crippen molar-refractivity contribution in [3.63, 3.8) is 0 Å². The summed E-state index contributed by atoms with van der Waals surface area (Å²) in [5.74, 6) is 1.06. The highest BCUT2D eigenvalue weighted by Gasteiger charge is 2.35. The van der Waals surface area contributed by atoms with Crippen LogP contribution in [0.3, 0.4) is 0 Å². The first-order valence-corrected chi connectivity index (χ1v) is 10.3. The summed E-state index contributed by atoms with van der Waals surface area (Å²) in [7, 11) is 0. The molecule has 142 valence electrons. The van der Waals surface area contributed by atoms with Crippen molar-refractivity contribution in [1.82, 2.24) is 0 Å². The fourth-order valence-electron chi connectivity index (χ4n) is 4.04. The van der Waals surface area contributed by atoms with Crippen molar-refractivity contribution in [2.75, 3.05) is 6.61 Å². The van der Waals surface area contributed by atoms with Crippen molar-refractivity contribution in [2.45, 2.75) is 65.9 Å². The number of carbonyl (C=O) groups excluding carboxylic acids is 1. The van der Waals surface area contributed by atoms with E-state index in [-0.39, 0.29) is 11.6 Å². The second kappa shape index (κ2) is 7.03. The fourth-order valence-corrected chi connectivity index (χ4v) is 4.58. The molecule has 0 unspecified atom stereocenters. The molecule has 0 aromatic heterocycles. The van der Waals surface area contributed by atoms with Crippen LogP contribution in [0.5, 0.6) is 5.75 Å². The van der Waals surface area contributed by atoms with E-state index in [2.05, 4.69) is 49.7 Å². The lowest BCUT2D eigenvalue weighted by Crippen LogP contribution is -2.32. The fraction of sp³-hybridized carbons (Fsp3) is 0.591. The monoisotopic (exact) mass is 420 g/mol. The Morgan fingerprint density at radius 2 is 1.88 bits per heavy atom. The molecular weight excluding hydrogens is 392 g/mol. The van der Waals surface area contributed by atoms with E-state index < -0.39 is 0 Å². The third-order valence-corrected chi connectivity index (χ3v) is 6.10. The Hall–Kier alpha value is -1.29. The lowest BCUT2D eigenvalue weighted by atomic mass is 9.69. The minimum absolute atomic E-state index is 0.287. The Kier molecular flexibility index (Phi) is 5.26. The number of carbonyl (C=O) groups is 1. The van der Waals surface area contributed by atoms with E-state index in [1.807, 2.05) is 13.0 Å². The third-order valence-electron chi connectivity index (χ3n) is 5.51. The van der Waals surface area contributed by atoms with Gasteiger partial charge >= 0.3 is 5.97 Å². The number of rotatable bonds is 3. The van der Waals surface area contributed by atoms with Crippen LogP contribution in [0.4, 0.5) is 0 Å². The zero-order chi connectivity index (χ0) is 19.1. The van der Waals surface area contributed by atoms with Crippen LogP contribution in [-0.2, 0) is 4.74 Å². The van der Waals surface area contributed by atoms with Gasteiger partial charge in [0.15, 0.2) is 0 Å². The van der Waals surface area contributed by atoms with Crippen molar-refractivity contribution >= 4 is 27.5 Å². The normalized spacial score (nSPS) is 21.4. The van der Waals surface area contributed by atoms with Gasteiger partial charge in [-0.15, -0.1) is 0 Å². The average Bonchev–Trinajstić information content (AvgIpc) is 2.54. The first kappa shape index (κ1) is 19.5. The summed E-state index contributed by atoms with van der Waals surface area (Å²) in [6.45, 7) is 11.1. The summed E-state index contributed by atoms with van der Waals surface area (Å²) in [5, 5.41) is 0. The van der Waals surface area contributed by atoms with Crippen LogP contribution in [0, 0.1) is 11.3 Å². The highest BCUT2D eigenvalue weighted by Crippen LogP contribution is 2.49. The smallest absolute Gasteiger partial charge is 0.338 e. The molecule has 1 aliphatic heterocycles. The lowest BCUT2D eigenvalue weighted by molar-refractivity contribution is 0.0526. The SMILES string of the molecule is CCOC(=O)c1cc(Br)c2c(c1)C(C1CCC(C)(C)CC1)=CC(C)(C)O2. The maximum absolute atomic E-state index is 12.3. The van der Waals surface area contributed by atoms with Crippen LogP contribution in [0.15, 0.2) is 22.7 Å². The number of hydrogen-bond donors (Lipinski definition) is 0. The molecule has 1 heterocycles. The van der Waals surface area contributed by atoms with E-state index >= 15 is 0 Å². The zero-order valence-corrected chi connectivity index (χ0v) is 18.0. The molecule has 4 heteroatoms. The molecule has 3 rings (SSSR count). The number of hydrogen-bond acceptors (Lipinski definition) is 3. The van der Waals surface area contributed by atoms with Crippen LogP contribution >= 0.6 is 15.9 Å². The Labute approximate surface area is 165 Å². The van der Waals surface area contributed by atoms with Gasteiger partial charge in [-0.25, -0.2) is 4.79 Å². The van der Waals surface area contributed by atoms with Gasteiger partial charge in [0.05, 0.1) is 16.6 Å². The van der Waals surface area contributed by atoms with Gasteiger partial charge in [0, 0.05) is 5.56 Å². The second-order valence-electron chi connectivity index (χ2n) is 8.80. The molecular formula is C22H29BrO3. The lowest BCUT2D eigenvalue weighted by Gasteiger charge is -2.39. The van der Waals surface area contributed by atoms with E-state index in [4.69, 9.17) is 9.47 Å². The molecule has 0 atom stereocenters. The average molecular weight is 421 g/mol. The van der Waals surface area contributed by atoms with Gasteiger partial charge in [-0.2, -0.15) is 0 Å². The molecule has 0 saturated heterocycles. The largest absolute Gasteiger partial charge is 0.482 e. The number of allylic oxidation sites excluding steroid dienone is 1. The molecule has 1 aromatic carbocycles. The van der Waals surface area contributed by atoms with Gasteiger partial charge in [0.2, 0.25) is 0 Å². The van der Waals surface area contributed by atoms with E-state index in [0.29, 0.717) is 23.5 Å². The number of ether oxygens (including phenoxy) is 2. The molecule has 0 radical (unpaired) electrons. The number of benzene rings is 1. The van der Waals surface area contributed by atoms with Crippen LogP contribution in [-0.4, -0.2) is 18.2 Å².